The summed E-state index contributed by atoms with van der Waals surface area (Å²) in [6.45, 7) is 12.2. The van der Waals surface area contributed by atoms with E-state index >= 15 is 0 Å². The molecule has 1 amide bonds. The van der Waals surface area contributed by atoms with Crippen LogP contribution in [0.5, 0.6) is 5.75 Å². The molecule has 0 bridgehead atoms. The molecule has 4 rings (SSSR count). The zero-order chi connectivity index (χ0) is 28.8. The Hall–Kier alpha value is -3.17. The highest BCUT2D eigenvalue weighted by Crippen LogP contribution is 2.37. The Kier molecular flexibility index (Phi) is 13.2. The number of hydrogen-bond acceptors (Lipinski definition) is 7. The number of ether oxygens (including phenoxy) is 4. The summed E-state index contributed by atoms with van der Waals surface area (Å²) in [4.78, 5) is 41.7. The fourth-order valence-electron chi connectivity index (χ4n) is 4.51. The second kappa shape index (κ2) is 16.1. The lowest BCUT2D eigenvalue weighted by Gasteiger charge is -2.43. The van der Waals surface area contributed by atoms with E-state index in [0.717, 1.165) is 12.0 Å². The van der Waals surface area contributed by atoms with Crippen LogP contribution in [-0.2, 0) is 26.4 Å². The lowest BCUT2D eigenvalue weighted by molar-refractivity contribution is 0.0407. The van der Waals surface area contributed by atoms with Gasteiger partial charge < -0.3 is 28.4 Å². The largest absolute Gasteiger partial charge is 0.483 e. The van der Waals surface area contributed by atoms with Crippen molar-refractivity contribution in [3.8, 4) is 5.75 Å². The van der Waals surface area contributed by atoms with Crippen molar-refractivity contribution in [3.05, 3.63) is 63.6 Å². The van der Waals surface area contributed by atoms with Crippen LogP contribution in [-0.4, -0.2) is 68.0 Å². The van der Waals surface area contributed by atoms with Gasteiger partial charge >= 0.3 is 5.97 Å². The van der Waals surface area contributed by atoms with Gasteiger partial charge in [-0.3, -0.25) is 9.59 Å². The number of fused-ring (bicyclic) bond motifs is 2. The monoisotopic (exact) mass is 544 g/mol. The summed E-state index contributed by atoms with van der Waals surface area (Å²) in [5, 5.41) is 0. The van der Waals surface area contributed by atoms with E-state index in [9.17, 15) is 14.4 Å². The average Bonchev–Trinajstić information content (AvgIpc) is 3.45. The van der Waals surface area contributed by atoms with Crippen LogP contribution < -0.4 is 10.2 Å². The highest BCUT2D eigenvalue weighted by Gasteiger charge is 2.47. The number of aromatic nitrogens is 1. The third-order valence-corrected chi connectivity index (χ3v) is 6.48. The molecule has 9 heteroatoms. The molecule has 1 unspecified atom stereocenters. The van der Waals surface area contributed by atoms with Crippen LogP contribution in [0.3, 0.4) is 0 Å². The van der Waals surface area contributed by atoms with Crippen molar-refractivity contribution in [1.82, 2.24) is 9.47 Å². The van der Waals surface area contributed by atoms with Gasteiger partial charge in [-0.2, -0.15) is 0 Å². The molecule has 1 saturated heterocycles. The second-order valence-electron chi connectivity index (χ2n) is 8.93. The Balaban J connectivity index is 0.00000127. The molecule has 0 radical (unpaired) electrons. The molecule has 9 nitrogen and oxygen atoms in total. The van der Waals surface area contributed by atoms with Gasteiger partial charge in [-0.05, 0) is 18.4 Å². The normalized spacial score (nSPS) is 17.5. The van der Waals surface area contributed by atoms with E-state index in [1.165, 1.54) is 6.20 Å². The average molecular weight is 545 g/mol. The zero-order valence-corrected chi connectivity index (χ0v) is 24.3. The van der Waals surface area contributed by atoms with Gasteiger partial charge in [-0.15, -0.1) is 0 Å². The first-order valence-corrected chi connectivity index (χ1v) is 14.0. The first-order chi connectivity index (χ1) is 19.0. The number of benzene rings is 1. The van der Waals surface area contributed by atoms with Crippen LogP contribution in [0, 0.1) is 0 Å². The maximum atomic E-state index is 13.6. The van der Waals surface area contributed by atoms with Crippen LogP contribution >= 0.6 is 0 Å². The molecule has 1 spiro atoms. The van der Waals surface area contributed by atoms with Gasteiger partial charge in [0.15, 0.2) is 11.4 Å². The van der Waals surface area contributed by atoms with Crippen LogP contribution in [0.2, 0.25) is 0 Å². The fraction of sp³-hybridized carbons (Fsp3) is 0.567. The SMILES string of the molecule is CC.CC.CCCCOC(=O)c1cn2c(c(OCc3ccccc3)c1=O)C(=O)N(CCOC)CC21CCOC1. The standard InChI is InChI=1S/C26H32N2O7.2C2H6/c1-3-4-12-34-25(31)20-15-28-21(23(22(20)29)35-16-19-8-6-5-7-9-19)24(30)27(11-14-32-2)17-26(28)10-13-33-18-26;2*1-2/h5-9,15H,3-4,10-14,16-18H2,1-2H3;2*1-2H3. The van der Waals surface area contributed by atoms with Crippen LogP contribution in [0.15, 0.2) is 41.3 Å². The third kappa shape index (κ3) is 7.48. The molecule has 3 heterocycles. The minimum Gasteiger partial charge on any atom is -0.483 e. The van der Waals surface area contributed by atoms with E-state index in [1.807, 2.05) is 65.0 Å². The van der Waals surface area contributed by atoms with Gasteiger partial charge in [-0.1, -0.05) is 71.4 Å². The number of amides is 1. The van der Waals surface area contributed by atoms with E-state index in [4.69, 9.17) is 18.9 Å². The van der Waals surface area contributed by atoms with Crippen molar-refractivity contribution >= 4 is 11.9 Å². The van der Waals surface area contributed by atoms with E-state index in [1.54, 1.807) is 16.6 Å². The topological polar surface area (TPSA) is 96.3 Å². The van der Waals surface area contributed by atoms with Gasteiger partial charge in [-0.25, -0.2) is 4.79 Å². The number of nitrogens with zero attached hydrogens (tertiary/aromatic N) is 2. The molecule has 1 fully saturated rings. The zero-order valence-electron chi connectivity index (χ0n) is 24.3. The van der Waals surface area contributed by atoms with Gasteiger partial charge in [0.25, 0.3) is 5.91 Å². The lowest BCUT2D eigenvalue weighted by atomic mass is 9.92. The maximum absolute atomic E-state index is 13.6. The molecule has 2 aliphatic rings. The summed E-state index contributed by atoms with van der Waals surface area (Å²) < 4.78 is 24.0. The van der Waals surface area contributed by atoms with Crippen molar-refractivity contribution in [2.24, 2.45) is 0 Å². The van der Waals surface area contributed by atoms with Crippen LogP contribution in [0.25, 0.3) is 0 Å². The van der Waals surface area contributed by atoms with E-state index in [0.29, 0.717) is 45.8 Å². The molecular weight excluding hydrogens is 500 g/mol. The maximum Gasteiger partial charge on any atom is 0.343 e. The summed E-state index contributed by atoms with van der Waals surface area (Å²) in [5.41, 5.74) is -0.445. The third-order valence-electron chi connectivity index (χ3n) is 6.48. The summed E-state index contributed by atoms with van der Waals surface area (Å²) in [6, 6.07) is 9.35. The first kappa shape index (κ1) is 32.0. The molecule has 0 N–H and O–H groups in total. The Bertz CT molecular complexity index is 1110. The van der Waals surface area contributed by atoms with Gasteiger partial charge in [0.1, 0.15) is 12.2 Å². The Morgan fingerprint density at radius 3 is 2.41 bits per heavy atom. The molecule has 1 aromatic carbocycles. The second-order valence-corrected chi connectivity index (χ2v) is 8.93. The quantitative estimate of drug-likeness (QED) is 0.317. The van der Waals surface area contributed by atoms with E-state index in [2.05, 4.69) is 0 Å². The van der Waals surface area contributed by atoms with Crippen LogP contribution in [0.4, 0.5) is 0 Å². The molecular formula is C30H44N2O7. The van der Waals surface area contributed by atoms with Crippen molar-refractivity contribution in [2.45, 2.75) is 66.0 Å². The summed E-state index contributed by atoms with van der Waals surface area (Å²) in [6.07, 6.45) is 3.64. The highest BCUT2D eigenvalue weighted by atomic mass is 16.5. The van der Waals surface area contributed by atoms with Crippen molar-refractivity contribution in [3.63, 3.8) is 0 Å². The summed E-state index contributed by atoms with van der Waals surface area (Å²) in [5.74, 6) is -1.20. The summed E-state index contributed by atoms with van der Waals surface area (Å²) in [7, 11) is 1.58. The van der Waals surface area contributed by atoms with Crippen molar-refractivity contribution < 1.29 is 28.5 Å². The first-order valence-electron chi connectivity index (χ1n) is 14.0. The molecule has 2 aromatic rings. The van der Waals surface area contributed by atoms with Gasteiger partial charge in [0.05, 0.1) is 25.4 Å². The predicted molar refractivity (Wildman–Crippen MR) is 151 cm³/mol. The molecule has 39 heavy (non-hydrogen) atoms. The van der Waals surface area contributed by atoms with E-state index in [-0.39, 0.29) is 36.1 Å². The summed E-state index contributed by atoms with van der Waals surface area (Å²) >= 11 is 0. The smallest absolute Gasteiger partial charge is 0.343 e. The van der Waals surface area contributed by atoms with Gasteiger partial charge in [0.2, 0.25) is 5.43 Å². The molecule has 1 atom stereocenters. The van der Waals surface area contributed by atoms with Crippen LogP contribution in [0.1, 0.15) is 80.3 Å². The lowest BCUT2D eigenvalue weighted by Crippen LogP contribution is -2.56. The van der Waals surface area contributed by atoms with Gasteiger partial charge in [0, 0.05) is 33.0 Å². The molecule has 0 saturated carbocycles. The molecule has 216 valence electrons. The number of rotatable bonds is 10. The Labute approximate surface area is 232 Å². The molecule has 2 aliphatic heterocycles. The number of carbonyl (C=O) groups is 2. The number of methoxy groups -OCH3 is 1. The number of esters is 1. The van der Waals surface area contributed by atoms with Crippen molar-refractivity contribution in [1.29, 1.82) is 0 Å². The number of pyridine rings is 1. The fourth-order valence-corrected chi connectivity index (χ4v) is 4.51. The minimum atomic E-state index is -0.716. The number of carbonyl (C=O) groups excluding carboxylic acids is 2. The molecule has 1 aromatic heterocycles. The Morgan fingerprint density at radius 1 is 1.08 bits per heavy atom. The minimum absolute atomic E-state index is 0.0757. The predicted octanol–water partition coefficient (Wildman–Crippen LogP) is 4.65. The highest BCUT2D eigenvalue weighted by molar-refractivity contribution is 5.98. The number of hydrogen-bond donors (Lipinski definition) is 0. The Morgan fingerprint density at radius 2 is 1.79 bits per heavy atom. The van der Waals surface area contributed by atoms with Crippen molar-refractivity contribution in [2.75, 3.05) is 46.6 Å². The number of unbranched alkanes of at least 4 members (excludes halogenated alkanes) is 1. The molecule has 0 aliphatic carbocycles. The van der Waals surface area contributed by atoms with E-state index < -0.39 is 16.9 Å².